The van der Waals surface area contributed by atoms with Crippen molar-refractivity contribution in [1.29, 1.82) is 0 Å². The van der Waals surface area contributed by atoms with Crippen molar-refractivity contribution in [2.45, 2.75) is 13.8 Å². The lowest BCUT2D eigenvalue weighted by Crippen LogP contribution is -2.46. The zero-order valence-electron chi connectivity index (χ0n) is 9.28. The molecular weight excluding hydrogens is 200 g/mol. The highest BCUT2D eigenvalue weighted by molar-refractivity contribution is 5.60. The predicted octanol–water partition coefficient (Wildman–Crippen LogP) is 1.21. The fraction of sp³-hybridized carbons (Fsp3) is 0.900. The van der Waals surface area contributed by atoms with Crippen LogP contribution >= 0.6 is 0 Å². The van der Waals surface area contributed by atoms with Crippen LogP contribution in [0.15, 0.2) is 0 Å². The van der Waals surface area contributed by atoms with Gasteiger partial charge >= 0.3 is 6.16 Å². The molecule has 0 atom stereocenters. The Bertz CT molecular complexity index is 184. The number of hydrogen-bond donors (Lipinski definition) is 0. The average molecular weight is 218 g/mol. The van der Waals surface area contributed by atoms with E-state index in [1.807, 2.05) is 13.8 Å². The molecule has 0 spiro atoms. The van der Waals surface area contributed by atoms with Crippen molar-refractivity contribution in [3.63, 3.8) is 0 Å². The van der Waals surface area contributed by atoms with Crippen LogP contribution in [0.4, 0.5) is 4.79 Å². The molecule has 1 rings (SSSR count). The number of ether oxygens (including phenoxy) is 4. The summed E-state index contributed by atoms with van der Waals surface area (Å²) in [5.41, 5.74) is -0.347. The monoisotopic (exact) mass is 218 g/mol. The summed E-state index contributed by atoms with van der Waals surface area (Å²) in [5, 5.41) is 0. The van der Waals surface area contributed by atoms with E-state index in [-0.39, 0.29) is 5.41 Å². The Labute approximate surface area is 89.6 Å². The molecular formula is C10H18O5. The predicted molar refractivity (Wildman–Crippen MR) is 52.7 cm³/mol. The van der Waals surface area contributed by atoms with Crippen LogP contribution in [-0.2, 0) is 18.9 Å². The van der Waals surface area contributed by atoms with Gasteiger partial charge in [0.2, 0.25) is 0 Å². The van der Waals surface area contributed by atoms with E-state index in [1.54, 1.807) is 0 Å². The van der Waals surface area contributed by atoms with E-state index in [0.717, 1.165) is 0 Å². The molecule has 0 N–H and O–H groups in total. The highest BCUT2D eigenvalue weighted by atomic mass is 16.7. The Morgan fingerprint density at radius 3 is 2.00 bits per heavy atom. The second kappa shape index (κ2) is 5.92. The molecule has 0 bridgehead atoms. The molecule has 1 saturated heterocycles. The second-order valence-electron chi connectivity index (χ2n) is 3.60. The van der Waals surface area contributed by atoms with Crippen molar-refractivity contribution in [3.05, 3.63) is 0 Å². The first-order chi connectivity index (χ1) is 7.22. The first kappa shape index (κ1) is 12.3. The third-order valence-electron chi connectivity index (χ3n) is 2.22. The van der Waals surface area contributed by atoms with Crippen LogP contribution in [0.3, 0.4) is 0 Å². The van der Waals surface area contributed by atoms with Gasteiger partial charge in [-0.15, -0.1) is 0 Å². The van der Waals surface area contributed by atoms with Crippen molar-refractivity contribution in [3.8, 4) is 0 Å². The van der Waals surface area contributed by atoms with Crippen LogP contribution in [0.25, 0.3) is 0 Å². The van der Waals surface area contributed by atoms with Crippen molar-refractivity contribution in [2.24, 2.45) is 5.41 Å². The van der Waals surface area contributed by atoms with Gasteiger partial charge in [0.25, 0.3) is 0 Å². The van der Waals surface area contributed by atoms with Crippen LogP contribution in [0.5, 0.6) is 0 Å². The van der Waals surface area contributed by atoms with Gasteiger partial charge in [-0.25, -0.2) is 4.79 Å². The maximum atomic E-state index is 10.8. The summed E-state index contributed by atoms with van der Waals surface area (Å²) < 4.78 is 20.4. The van der Waals surface area contributed by atoms with Gasteiger partial charge in [-0.3, -0.25) is 0 Å². The molecule has 0 aromatic heterocycles. The summed E-state index contributed by atoms with van der Waals surface area (Å²) in [5.74, 6) is 0. The SMILES string of the molecule is CCOCC1(COCC)COC(=O)OC1. The Kier molecular flexibility index (Phi) is 4.84. The van der Waals surface area contributed by atoms with Gasteiger partial charge in [-0.1, -0.05) is 0 Å². The van der Waals surface area contributed by atoms with Gasteiger partial charge in [0.15, 0.2) is 0 Å². The quantitative estimate of drug-likeness (QED) is 0.627. The maximum absolute atomic E-state index is 10.8. The van der Waals surface area contributed by atoms with Crippen molar-refractivity contribution >= 4 is 6.16 Å². The molecule has 88 valence electrons. The summed E-state index contributed by atoms with van der Waals surface area (Å²) in [6.07, 6.45) is -0.612. The Morgan fingerprint density at radius 1 is 1.13 bits per heavy atom. The summed E-state index contributed by atoms with van der Waals surface area (Å²) in [7, 11) is 0. The first-order valence-corrected chi connectivity index (χ1v) is 5.17. The fourth-order valence-electron chi connectivity index (χ4n) is 1.35. The van der Waals surface area contributed by atoms with E-state index in [0.29, 0.717) is 39.6 Å². The summed E-state index contributed by atoms with van der Waals surface area (Å²) in [6.45, 7) is 6.66. The van der Waals surface area contributed by atoms with E-state index in [9.17, 15) is 4.79 Å². The molecule has 0 aromatic carbocycles. The van der Waals surface area contributed by atoms with Crippen molar-refractivity contribution in [2.75, 3.05) is 39.6 Å². The second-order valence-corrected chi connectivity index (χ2v) is 3.60. The largest absolute Gasteiger partial charge is 0.508 e. The molecule has 1 fully saturated rings. The standard InChI is InChI=1S/C10H18O5/c1-3-12-5-10(6-13-4-2)7-14-9(11)15-8-10/h3-8H2,1-2H3. The summed E-state index contributed by atoms with van der Waals surface area (Å²) in [6, 6.07) is 0. The molecule has 0 radical (unpaired) electrons. The van der Waals surface area contributed by atoms with Crippen LogP contribution in [0.2, 0.25) is 0 Å². The number of carbonyl (C=O) groups excluding carboxylic acids is 1. The Morgan fingerprint density at radius 2 is 1.60 bits per heavy atom. The molecule has 0 amide bonds. The molecule has 5 heteroatoms. The van der Waals surface area contributed by atoms with Gasteiger partial charge in [0.05, 0.1) is 18.6 Å². The van der Waals surface area contributed by atoms with Gasteiger partial charge < -0.3 is 18.9 Å². The van der Waals surface area contributed by atoms with Gasteiger partial charge in [0.1, 0.15) is 13.2 Å². The fourth-order valence-corrected chi connectivity index (χ4v) is 1.35. The minimum atomic E-state index is -0.612. The summed E-state index contributed by atoms with van der Waals surface area (Å²) in [4.78, 5) is 10.8. The topological polar surface area (TPSA) is 54.0 Å². The van der Waals surface area contributed by atoms with E-state index >= 15 is 0 Å². The van der Waals surface area contributed by atoms with E-state index < -0.39 is 6.16 Å². The molecule has 1 aliphatic heterocycles. The van der Waals surface area contributed by atoms with Crippen molar-refractivity contribution in [1.82, 2.24) is 0 Å². The van der Waals surface area contributed by atoms with Crippen LogP contribution < -0.4 is 0 Å². The number of carbonyl (C=O) groups is 1. The molecule has 15 heavy (non-hydrogen) atoms. The number of rotatable bonds is 6. The van der Waals surface area contributed by atoms with Gasteiger partial charge in [-0.05, 0) is 13.8 Å². The Balaban J connectivity index is 2.47. The molecule has 5 nitrogen and oxygen atoms in total. The Hall–Kier alpha value is -0.810. The van der Waals surface area contributed by atoms with Crippen LogP contribution in [0.1, 0.15) is 13.8 Å². The number of cyclic esters (lactones) is 2. The minimum Gasteiger partial charge on any atom is -0.433 e. The average Bonchev–Trinajstić information content (AvgIpc) is 2.27. The zero-order valence-corrected chi connectivity index (χ0v) is 9.28. The van der Waals surface area contributed by atoms with Gasteiger partial charge in [0, 0.05) is 13.2 Å². The lowest BCUT2D eigenvalue weighted by molar-refractivity contribution is -0.121. The lowest BCUT2D eigenvalue weighted by Gasteiger charge is -2.34. The first-order valence-electron chi connectivity index (χ1n) is 5.17. The number of hydrogen-bond acceptors (Lipinski definition) is 5. The van der Waals surface area contributed by atoms with E-state index in [2.05, 4.69) is 0 Å². The molecule has 0 saturated carbocycles. The van der Waals surface area contributed by atoms with Crippen molar-refractivity contribution < 1.29 is 23.7 Å². The summed E-state index contributed by atoms with van der Waals surface area (Å²) >= 11 is 0. The normalized spacial score (nSPS) is 19.5. The highest BCUT2D eigenvalue weighted by Gasteiger charge is 2.38. The van der Waals surface area contributed by atoms with E-state index in [1.165, 1.54) is 0 Å². The molecule has 1 heterocycles. The molecule has 0 aromatic rings. The lowest BCUT2D eigenvalue weighted by atomic mass is 9.92. The van der Waals surface area contributed by atoms with Crippen LogP contribution in [0, 0.1) is 5.41 Å². The van der Waals surface area contributed by atoms with Gasteiger partial charge in [-0.2, -0.15) is 0 Å². The maximum Gasteiger partial charge on any atom is 0.508 e. The van der Waals surface area contributed by atoms with E-state index in [4.69, 9.17) is 18.9 Å². The molecule has 1 aliphatic rings. The van der Waals surface area contributed by atoms with Crippen LogP contribution in [-0.4, -0.2) is 45.8 Å². The smallest absolute Gasteiger partial charge is 0.433 e. The highest BCUT2D eigenvalue weighted by Crippen LogP contribution is 2.24. The minimum absolute atomic E-state index is 0.297. The molecule has 0 aliphatic carbocycles. The third-order valence-corrected chi connectivity index (χ3v) is 2.22. The zero-order chi connectivity index (χ0) is 11.1. The molecule has 0 unspecified atom stereocenters. The third kappa shape index (κ3) is 3.68.